The number of allylic oxidation sites excluding steroid dienone is 32. The number of hydrogen-bond donors (Lipinski definition) is 0. The van der Waals surface area contributed by atoms with Crippen molar-refractivity contribution >= 4 is 87.8 Å². The van der Waals surface area contributed by atoms with Gasteiger partial charge in [-0.2, -0.15) is 0 Å². The van der Waals surface area contributed by atoms with Crippen molar-refractivity contribution < 1.29 is 14.7 Å². The van der Waals surface area contributed by atoms with Gasteiger partial charge in [-0.3, -0.25) is 0 Å². The second kappa shape index (κ2) is 26.5. The van der Waals surface area contributed by atoms with Gasteiger partial charge in [0.15, 0.2) is 0 Å². The molecule has 8 unspecified atom stereocenters. The van der Waals surface area contributed by atoms with E-state index in [9.17, 15) is 17.2 Å². The summed E-state index contributed by atoms with van der Waals surface area (Å²) in [6.07, 6.45) is 59.7. The van der Waals surface area contributed by atoms with E-state index in [0.717, 1.165) is 51.4 Å². The zero-order chi connectivity index (χ0) is 77.5. The summed E-state index contributed by atoms with van der Waals surface area (Å²) < 4.78 is -2.76. The first-order valence-corrected chi connectivity index (χ1v) is 76.6. The first-order chi connectivity index (χ1) is 50.4. The van der Waals surface area contributed by atoms with Gasteiger partial charge in [0, 0.05) is 0 Å². The van der Waals surface area contributed by atoms with Crippen molar-refractivity contribution in [1.29, 1.82) is 0 Å². The topological polar surface area (TPSA) is 0 Å². The van der Waals surface area contributed by atoms with Gasteiger partial charge in [0.1, 0.15) is 0 Å². The van der Waals surface area contributed by atoms with Gasteiger partial charge in [0.2, 0.25) is 0 Å². The summed E-state index contributed by atoms with van der Waals surface area (Å²) >= 11 is -8.10. The van der Waals surface area contributed by atoms with Crippen LogP contribution in [-0.4, -0.2) is 49.9 Å². The number of benzene rings is 4. The Morgan fingerprint density at radius 3 is 0.673 bits per heavy atom. The summed E-state index contributed by atoms with van der Waals surface area (Å²) in [6, 6.07) is 21.2. The zero-order valence-corrected chi connectivity index (χ0v) is 82.0. The monoisotopic (exact) mass is 1720 g/mol. The van der Waals surface area contributed by atoms with E-state index in [1.807, 2.05) is 0 Å². The fraction of sp³-hybridized carbons (Fsp3) is 0.429. The number of rotatable bonds is 16. The maximum absolute atomic E-state index is 12.1. The molecule has 8 atom stereocenters. The first kappa shape index (κ1) is 79.1. The standard InChI is InChI=1S/2C49H64Si3.2ClH.Hf/c2*1-14-34-30-44-40(38-26-32(5)48(51(8,9)10)36(16-3)28-38)22-18-20-24-42(44)46(34)50(7)47-35(15-2)31-45-41(23-19-21-25-43(45)47)39-27-33(6)49(52(11,12)13)37(17-4)29-39;;;/h2*18-31,40-41,50H,14-17H2,1-13H3;2*1H;/q;;;;+2/p-2. The van der Waals surface area contributed by atoms with Crippen LogP contribution in [0.25, 0.3) is 0 Å². The summed E-state index contributed by atoms with van der Waals surface area (Å²) in [6.45, 7) is 65.9. The van der Waals surface area contributed by atoms with E-state index in [0.29, 0.717) is 0 Å². The van der Waals surface area contributed by atoms with E-state index in [1.165, 1.54) is 111 Å². The van der Waals surface area contributed by atoms with Crippen molar-refractivity contribution in [3.63, 3.8) is 0 Å². The first-order valence-electron chi connectivity index (χ1n) is 41.9. The molecule has 0 amide bonds. The minimum absolute atomic E-state index is 0.00733. The molecule has 2 heterocycles. The molecule has 2 fully saturated rings. The molecular formula is C98H128Cl2HfSi6. The SMILES string of the molecule is CCC1=CC2=C(C=CC=CC2c2cc(C)c([Si](C)(C)C)c(CC)c2)[C]12[SiH](C)[C]1(C(CC)=CC3=C1C=CC=CC3c1cc(C)c([Si](C)(C)C)c(CC)c1)[Hf]21([Cl])([Cl])[C]2(C(CC)=CC3=C2C=CC=CC3c2cc(C)c([Si](C)(C)C)c(CC)c2)[SiH](C)[C]12C(CC)=CC1=C2C=CC=CC1c1cc(C)c([Si](C)(C)C)c(CC)c1. The predicted octanol–water partition coefficient (Wildman–Crippen LogP) is 25.9. The Balaban J connectivity index is 1.23. The van der Waals surface area contributed by atoms with Crippen molar-refractivity contribution in [2.45, 2.75) is 261 Å². The van der Waals surface area contributed by atoms with Crippen molar-refractivity contribution in [3.8, 4) is 0 Å². The van der Waals surface area contributed by atoms with Crippen LogP contribution in [0.15, 0.2) is 237 Å². The van der Waals surface area contributed by atoms with Gasteiger partial charge in [0.05, 0.1) is 0 Å². The van der Waals surface area contributed by atoms with Gasteiger partial charge in [-0.25, -0.2) is 0 Å². The van der Waals surface area contributed by atoms with Crippen LogP contribution in [0.3, 0.4) is 0 Å². The van der Waals surface area contributed by atoms with Gasteiger partial charge < -0.3 is 0 Å². The van der Waals surface area contributed by atoms with Crippen LogP contribution in [-0.2, 0) is 40.3 Å². The van der Waals surface area contributed by atoms with Crippen molar-refractivity contribution in [2.24, 2.45) is 0 Å². The molecule has 2 saturated heterocycles. The molecule has 0 nitrogen and oxygen atoms in total. The second-order valence-corrected chi connectivity index (χ2v) is 113. The van der Waals surface area contributed by atoms with Crippen LogP contribution in [0.2, 0.25) is 103 Å². The second-order valence-electron chi connectivity index (χ2n) is 38.6. The molecular weight excluding hydrogens is 1590 g/mol. The average molecular weight is 1720 g/mol. The zero-order valence-electron chi connectivity index (χ0n) is 70.5. The van der Waals surface area contributed by atoms with E-state index in [1.54, 1.807) is 43.0 Å². The third-order valence-electron chi connectivity index (χ3n) is 29.7. The van der Waals surface area contributed by atoms with Gasteiger partial charge >= 0.3 is 667 Å². The molecule has 5 spiro atoms. The Morgan fingerprint density at radius 2 is 0.505 bits per heavy atom. The molecule has 4 aromatic rings. The normalized spacial score (nSPS) is 29.7. The quantitative estimate of drug-likeness (QED) is 0.0981. The van der Waals surface area contributed by atoms with E-state index < -0.39 is 75.7 Å². The van der Waals surface area contributed by atoms with Crippen molar-refractivity contribution in [2.75, 3.05) is 0 Å². The van der Waals surface area contributed by atoms with Gasteiger partial charge in [-0.1, -0.05) is 0 Å². The molecule has 10 aliphatic rings. The van der Waals surface area contributed by atoms with E-state index in [4.69, 9.17) is 0 Å². The molecule has 0 aromatic heterocycles. The maximum atomic E-state index is 12.1. The van der Waals surface area contributed by atoms with E-state index >= 15 is 0 Å². The molecule has 0 saturated carbocycles. The van der Waals surface area contributed by atoms with Gasteiger partial charge in [-0.15, -0.1) is 0 Å². The number of halogens is 2. The minimum atomic E-state index is -8.10. The Morgan fingerprint density at radius 1 is 0.308 bits per heavy atom. The van der Waals surface area contributed by atoms with Gasteiger partial charge in [0.25, 0.3) is 0 Å². The molecule has 562 valence electrons. The number of aryl methyl sites for hydroxylation is 8. The van der Waals surface area contributed by atoms with Crippen LogP contribution in [0, 0.1) is 27.7 Å². The summed E-state index contributed by atoms with van der Waals surface area (Å²) in [5.74, 6) is -0.0293. The van der Waals surface area contributed by atoms with E-state index in [-0.39, 0.29) is 23.7 Å². The third-order valence-corrected chi connectivity index (χ3v) is 154. The molecule has 9 heteroatoms. The molecule has 107 heavy (non-hydrogen) atoms. The molecule has 0 bridgehead atoms. The molecule has 8 aliphatic carbocycles. The Bertz CT molecular complexity index is 4460. The Kier molecular flexibility index (Phi) is 19.6. The van der Waals surface area contributed by atoms with Crippen LogP contribution in [0.5, 0.6) is 0 Å². The summed E-state index contributed by atoms with van der Waals surface area (Å²) in [7, 11) is 12.0. The number of fused-ring (bicyclic) bond motifs is 8. The van der Waals surface area contributed by atoms with Crippen molar-refractivity contribution in [3.05, 3.63) is 304 Å². The van der Waals surface area contributed by atoms with Crippen LogP contribution >= 0.6 is 17.2 Å². The van der Waals surface area contributed by atoms with Crippen LogP contribution in [0.4, 0.5) is 0 Å². The fourth-order valence-electron chi connectivity index (χ4n) is 28.2. The summed E-state index contributed by atoms with van der Waals surface area (Å²) in [4.78, 5) is 0. The summed E-state index contributed by atoms with van der Waals surface area (Å²) in [5, 5.41) is 6.50. The van der Waals surface area contributed by atoms with Crippen molar-refractivity contribution in [1.82, 2.24) is 0 Å². The fourth-order valence-corrected chi connectivity index (χ4v) is 208. The van der Waals surface area contributed by atoms with Crippen LogP contribution < -0.4 is 20.7 Å². The van der Waals surface area contributed by atoms with Gasteiger partial charge in [-0.05, 0) is 0 Å². The Hall–Kier alpha value is -4.53. The molecule has 0 radical (unpaired) electrons. The predicted molar refractivity (Wildman–Crippen MR) is 488 cm³/mol. The van der Waals surface area contributed by atoms with Crippen LogP contribution in [0.1, 0.15) is 172 Å². The molecule has 4 aromatic carbocycles. The molecule has 2 aliphatic heterocycles. The third kappa shape index (κ3) is 9.60. The number of hydrogen-bond acceptors (Lipinski definition) is 0. The molecule has 14 rings (SSSR count). The average Bonchev–Trinajstić information content (AvgIpc) is 1.51. The van der Waals surface area contributed by atoms with E-state index in [2.05, 4.69) is 345 Å². The Labute approximate surface area is 660 Å². The molecule has 0 N–H and O–H groups in total. The summed E-state index contributed by atoms with van der Waals surface area (Å²) in [5.41, 5.74) is 35.4.